The Hall–Kier alpha value is -1.54. The van der Waals surface area contributed by atoms with E-state index in [0.717, 1.165) is 18.4 Å². The highest BCUT2D eigenvalue weighted by molar-refractivity contribution is 8.24. The first kappa shape index (κ1) is 22.2. The molecule has 1 saturated heterocycles. The second-order valence-electron chi connectivity index (χ2n) is 6.67. The molecule has 1 N–H and O–H groups in total. The van der Waals surface area contributed by atoms with Crippen LogP contribution in [0.15, 0.2) is 34.7 Å². The Morgan fingerprint density at radius 3 is 2.69 bits per heavy atom. The van der Waals surface area contributed by atoms with Crippen molar-refractivity contribution in [3.05, 3.63) is 46.1 Å². The number of benzene rings is 1. The summed E-state index contributed by atoms with van der Waals surface area (Å²) in [5, 5.41) is 9.29. The lowest BCUT2D eigenvalue weighted by molar-refractivity contribution is -0.137. The van der Waals surface area contributed by atoms with Crippen LogP contribution in [0.1, 0.15) is 31.4 Å². The first-order valence-electron chi connectivity index (χ1n) is 9.13. The summed E-state index contributed by atoms with van der Waals surface area (Å²) < 4.78 is 6.46. The molecule has 1 aromatic heterocycles. The molecule has 5 nitrogen and oxygen atoms in total. The van der Waals surface area contributed by atoms with Gasteiger partial charge in [-0.2, -0.15) is 0 Å². The lowest BCUT2D eigenvalue weighted by Crippen LogP contribution is -2.32. The molecule has 1 atom stereocenters. The maximum absolute atomic E-state index is 12.7. The van der Waals surface area contributed by atoms with Crippen molar-refractivity contribution in [3.63, 3.8) is 0 Å². The third-order valence-electron chi connectivity index (χ3n) is 4.53. The molecule has 29 heavy (non-hydrogen) atoms. The van der Waals surface area contributed by atoms with Crippen molar-refractivity contribution >= 4 is 63.4 Å². The Bertz CT molecular complexity index is 931. The first-order valence-corrected chi connectivity index (χ1v) is 11.2. The standard InChI is InChI=1S/C20H19Cl2NO4S2/c21-14-7-5-12(10-15(14)22)16-8-6-13(27-16)11-17-19(26)23(20(28)29-17)9-3-1-2-4-18(24)25/h5-8,10,17H,1-4,9,11H2,(H,24,25). The summed E-state index contributed by atoms with van der Waals surface area (Å²) in [6.45, 7) is 0.521. The molecule has 0 aliphatic carbocycles. The lowest BCUT2D eigenvalue weighted by Gasteiger charge is -2.15. The number of thioether (sulfide) groups is 1. The van der Waals surface area contributed by atoms with Gasteiger partial charge in [0.25, 0.3) is 0 Å². The monoisotopic (exact) mass is 471 g/mol. The van der Waals surface area contributed by atoms with Gasteiger partial charge in [0.2, 0.25) is 5.91 Å². The van der Waals surface area contributed by atoms with Gasteiger partial charge in [0, 0.05) is 24.9 Å². The summed E-state index contributed by atoms with van der Waals surface area (Å²) >= 11 is 18.7. The van der Waals surface area contributed by atoms with Crippen LogP contribution in [-0.2, 0) is 16.0 Å². The van der Waals surface area contributed by atoms with Gasteiger partial charge in [-0.25, -0.2) is 0 Å². The zero-order valence-corrected chi connectivity index (χ0v) is 18.5. The highest BCUT2D eigenvalue weighted by Crippen LogP contribution is 2.33. The van der Waals surface area contributed by atoms with Gasteiger partial charge in [-0.15, -0.1) is 0 Å². The summed E-state index contributed by atoms with van der Waals surface area (Å²) in [6.07, 6.45) is 2.67. The molecule has 3 rings (SSSR count). The molecule has 1 aliphatic rings. The van der Waals surface area contributed by atoms with Gasteiger partial charge in [-0.1, -0.05) is 53.6 Å². The third kappa shape index (κ3) is 5.75. The number of hydrogen-bond acceptors (Lipinski definition) is 5. The van der Waals surface area contributed by atoms with Gasteiger partial charge in [0.1, 0.15) is 15.8 Å². The van der Waals surface area contributed by atoms with Gasteiger partial charge in [0.15, 0.2) is 0 Å². The molecule has 1 aromatic carbocycles. The van der Waals surface area contributed by atoms with Crippen molar-refractivity contribution in [2.75, 3.05) is 6.54 Å². The van der Waals surface area contributed by atoms with E-state index < -0.39 is 5.97 Å². The highest BCUT2D eigenvalue weighted by atomic mass is 35.5. The minimum atomic E-state index is -0.799. The average molecular weight is 472 g/mol. The van der Waals surface area contributed by atoms with Crippen LogP contribution in [0.2, 0.25) is 10.0 Å². The van der Waals surface area contributed by atoms with Crippen molar-refractivity contribution < 1.29 is 19.1 Å². The molecule has 2 aromatic rings. The third-order valence-corrected chi connectivity index (χ3v) is 6.85. The Labute approximate surface area is 188 Å². The number of thiocarbonyl (C=S) groups is 1. The average Bonchev–Trinajstić information content (AvgIpc) is 3.23. The van der Waals surface area contributed by atoms with Crippen molar-refractivity contribution in [3.8, 4) is 11.3 Å². The Morgan fingerprint density at radius 1 is 1.17 bits per heavy atom. The summed E-state index contributed by atoms with van der Waals surface area (Å²) in [6, 6.07) is 8.97. The van der Waals surface area contributed by atoms with Crippen LogP contribution < -0.4 is 0 Å². The van der Waals surface area contributed by atoms with E-state index >= 15 is 0 Å². The summed E-state index contributed by atoms with van der Waals surface area (Å²) in [4.78, 5) is 24.9. The molecule has 1 unspecified atom stereocenters. The number of halogens is 2. The fourth-order valence-electron chi connectivity index (χ4n) is 3.03. The highest BCUT2D eigenvalue weighted by Gasteiger charge is 2.37. The number of unbranched alkanes of at least 4 members (excludes halogenated alkanes) is 2. The molecule has 0 spiro atoms. The number of furan rings is 1. The fourth-order valence-corrected chi connectivity index (χ4v) is 4.88. The van der Waals surface area contributed by atoms with Crippen molar-refractivity contribution in [1.29, 1.82) is 0 Å². The molecule has 154 valence electrons. The molecular formula is C20H19Cl2NO4S2. The van der Waals surface area contributed by atoms with E-state index in [1.807, 2.05) is 18.2 Å². The molecule has 1 fully saturated rings. The van der Waals surface area contributed by atoms with Crippen molar-refractivity contribution in [2.45, 2.75) is 37.4 Å². The van der Waals surface area contributed by atoms with Crippen LogP contribution in [0, 0.1) is 0 Å². The number of carbonyl (C=O) groups excluding carboxylic acids is 1. The summed E-state index contributed by atoms with van der Waals surface area (Å²) in [7, 11) is 0. The Morgan fingerprint density at radius 2 is 1.97 bits per heavy atom. The zero-order chi connectivity index (χ0) is 21.0. The quantitative estimate of drug-likeness (QED) is 0.375. The van der Waals surface area contributed by atoms with E-state index in [-0.39, 0.29) is 17.6 Å². The molecule has 0 radical (unpaired) electrons. The first-order chi connectivity index (χ1) is 13.8. The van der Waals surface area contributed by atoms with Crippen LogP contribution >= 0.6 is 47.2 Å². The van der Waals surface area contributed by atoms with Crippen LogP contribution in [0.3, 0.4) is 0 Å². The molecule has 1 aliphatic heterocycles. The SMILES string of the molecule is O=C(O)CCCCCN1C(=O)C(Cc2ccc(-c3ccc(Cl)c(Cl)c3)o2)SC1=S. The minimum absolute atomic E-state index is 0.0225. The Kier molecular flexibility index (Phi) is 7.62. The topological polar surface area (TPSA) is 70.8 Å². The number of carbonyl (C=O) groups is 2. The predicted molar refractivity (Wildman–Crippen MR) is 120 cm³/mol. The van der Waals surface area contributed by atoms with Gasteiger partial charge >= 0.3 is 5.97 Å². The van der Waals surface area contributed by atoms with E-state index in [9.17, 15) is 9.59 Å². The van der Waals surface area contributed by atoms with Crippen LogP contribution in [-0.4, -0.2) is 38.0 Å². The summed E-state index contributed by atoms with van der Waals surface area (Å²) in [5.41, 5.74) is 0.814. The lowest BCUT2D eigenvalue weighted by atomic mass is 10.1. The van der Waals surface area contributed by atoms with Crippen molar-refractivity contribution in [2.24, 2.45) is 0 Å². The number of carboxylic acids is 1. The zero-order valence-electron chi connectivity index (χ0n) is 15.4. The van der Waals surface area contributed by atoms with Crippen LogP contribution in [0.25, 0.3) is 11.3 Å². The van der Waals surface area contributed by atoms with E-state index in [4.69, 9.17) is 44.9 Å². The molecule has 0 bridgehead atoms. The smallest absolute Gasteiger partial charge is 0.303 e. The summed E-state index contributed by atoms with van der Waals surface area (Å²) in [5.74, 6) is 0.535. The van der Waals surface area contributed by atoms with Gasteiger partial charge in [-0.3, -0.25) is 14.5 Å². The number of nitrogens with zero attached hydrogens (tertiary/aromatic N) is 1. The molecule has 0 saturated carbocycles. The Balaban J connectivity index is 1.56. The minimum Gasteiger partial charge on any atom is -0.481 e. The van der Waals surface area contributed by atoms with Gasteiger partial charge < -0.3 is 9.52 Å². The second kappa shape index (κ2) is 9.98. The number of amides is 1. The number of hydrogen-bond donors (Lipinski definition) is 1. The molecule has 9 heteroatoms. The van der Waals surface area contributed by atoms with E-state index in [1.165, 1.54) is 11.8 Å². The maximum atomic E-state index is 12.7. The normalized spacial score (nSPS) is 16.6. The molecular weight excluding hydrogens is 453 g/mol. The van der Waals surface area contributed by atoms with Gasteiger partial charge in [0.05, 0.1) is 15.3 Å². The number of carboxylic acid groups (broad SMARTS) is 1. The molecule has 2 heterocycles. The van der Waals surface area contributed by atoms with Gasteiger partial charge in [-0.05, 0) is 43.2 Å². The largest absolute Gasteiger partial charge is 0.481 e. The number of rotatable bonds is 9. The number of aliphatic carboxylic acids is 1. The van der Waals surface area contributed by atoms with E-state index in [0.29, 0.717) is 45.3 Å². The fraction of sp³-hybridized carbons (Fsp3) is 0.350. The second-order valence-corrected chi connectivity index (χ2v) is 9.32. The molecule has 1 amide bonds. The van der Waals surface area contributed by atoms with Crippen LogP contribution in [0.4, 0.5) is 0 Å². The maximum Gasteiger partial charge on any atom is 0.303 e. The van der Waals surface area contributed by atoms with Crippen molar-refractivity contribution in [1.82, 2.24) is 4.90 Å². The van der Waals surface area contributed by atoms with E-state index in [2.05, 4.69) is 0 Å². The predicted octanol–water partition coefficient (Wildman–Crippen LogP) is 5.67. The van der Waals surface area contributed by atoms with Crippen LogP contribution in [0.5, 0.6) is 0 Å². The van der Waals surface area contributed by atoms with E-state index in [1.54, 1.807) is 17.0 Å².